The van der Waals surface area contributed by atoms with E-state index in [1.165, 1.54) is 0 Å². The van der Waals surface area contributed by atoms with Gasteiger partial charge in [-0.3, -0.25) is 4.98 Å². The van der Waals surface area contributed by atoms with E-state index in [-0.39, 0.29) is 0 Å². The van der Waals surface area contributed by atoms with E-state index in [9.17, 15) is 0 Å². The molecule has 0 N–H and O–H groups in total. The van der Waals surface area contributed by atoms with Crippen molar-refractivity contribution < 1.29 is 0 Å². The molecule has 0 saturated carbocycles. The van der Waals surface area contributed by atoms with Crippen molar-refractivity contribution in [3.63, 3.8) is 0 Å². The highest BCUT2D eigenvalue weighted by Crippen LogP contribution is 2.18. The zero-order chi connectivity index (χ0) is 10.5. The summed E-state index contributed by atoms with van der Waals surface area (Å²) in [6.07, 6.45) is 3.81. The largest absolute Gasteiger partial charge is 0.256 e. The molecule has 15 heavy (non-hydrogen) atoms. The van der Waals surface area contributed by atoms with E-state index in [0.29, 0.717) is 0 Å². The molecule has 1 heterocycles. The molecule has 0 spiro atoms. The molecule has 2 rings (SSSR count). The molecule has 0 atom stereocenters. The van der Waals surface area contributed by atoms with Crippen molar-refractivity contribution in [3.05, 3.63) is 59.2 Å². The number of hydrogen-bond donors (Lipinski definition) is 0. The van der Waals surface area contributed by atoms with Crippen molar-refractivity contribution in [3.8, 4) is 11.3 Å². The van der Waals surface area contributed by atoms with Gasteiger partial charge in [0, 0.05) is 11.8 Å². The minimum Gasteiger partial charge on any atom is -0.256 e. The number of halogens is 1. The van der Waals surface area contributed by atoms with E-state index >= 15 is 0 Å². The summed E-state index contributed by atoms with van der Waals surface area (Å²) >= 11 is 3.27. The second-order valence-electron chi connectivity index (χ2n) is 3.13. The molecule has 0 amide bonds. The van der Waals surface area contributed by atoms with Gasteiger partial charge in [0.1, 0.15) is 0 Å². The van der Waals surface area contributed by atoms with E-state index in [0.717, 1.165) is 16.8 Å². The second-order valence-corrected chi connectivity index (χ2v) is 3.66. The number of pyridine rings is 1. The Morgan fingerprint density at radius 2 is 2.00 bits per heavy atom. The van der Waals surface area contributed by atoms with Crippen LogP contribution in [-0.2, 0) is 0 Å². The maximum Gasteiger partial charge on any atom is 0.0702 e. The van der Waals surface area contributed by atoms with Crippen molar-refractivity contribution in [2.75, 3.05) is 0 Å². The lowest BCUT2D eigenvalue weighted by Crippen LogP contribution is -1.82. The topological polar surface area (TPSA) is 12.9 Å². The minimum absolute atomic E-state index is 1.00. The first-order valence-corrected chi connectivity index (χ1v) is 5.60. The summed E-state index contributed by atoms with van der Waals surface area (Å²) in [5.74, 6) is 0. The molecular weight excluding hydrogens is 250 g/mol. The molecule has 0 aliphatic rings. The first kappa shape index (κ1) is 10.1. The first-order valence-electron chi connectivity index (χ1n) is 4.68. The molecule has 0 aliphatic heterocycles. The van der Waals surface area contributed by atoms with Crippen LogP contribution in [0.5, 0.6) is 0 Å². The van der Waals surface area contributed by atoms with Gasteiger partial charge in [0.2, 0.25) is 0 Å². The van der Waals surface area contributed by atoms with Gasteiger partial charge in [-0.2, -0.15) is 0 Å². The highest BCUT2D eigenvalue weighted by Gasteiger charge is 1.97. The highest BCUT2D eigenvalue weighted by atomic mass is 79.9. The lowest BCUT2D eigenvalue weighted by atomic mass is 10.1. The fraction of sp³-hybridized carbons (Fsp3) is 0. The molecular formula is C13H10BrN. The monoisotopic (exact) mass is 259 g/mol. The third kappa shape index (κ3) is 2.54. The second kappa shape index (κ2) is 4.89. The molecule has 0 bridgehead atoms. The standard InChI is InChI=1S/C13H10BrN/c14-8-7-11-4-3-5-12(10-11)13-6-1-2-9-15-13/h1-10H. The average molecular weight is 260 g/mol. The van der Waals surface area contributed by atoms with Crippen molar-refractivity contribution >= 4 is 22.0 Å². The number of rotatable bonds is 2. The molecule has 0 fully saturated rings. The smallest absolute Gasteiger partial charge is 0.0702 e. The predicted molar refractivity (Wildman–Crippen MR) is 67.6 cm³/mol. The van der Waals surface area contributed by atoms with Crippen molar-refractivity contribution in [1.29, 1.82) is 0 Å². The zero-order valence-corrected chi connectivity index (χ0v) is 9.68. The fourth-order valence-electron chi connectivity index (χ4n) is 1.41. The van der Waals surface area contributed by atoms with E-state index < -0.39 is 0 Å². The van der Waals surface area contributed by atoms with Crippen LogP contribution in [0.25, 0.3) is 17.3 Å². The number of nitrogens with zero attached hydrogens (tertiary/aromatic N) is 1. The van der Waals surface area contributed by atoms with Crippen LogP contribution in [0, 0.1) is 0 Å². The molecule has 0 radical (unpaired) electrons. The normalized spacial score (nSPS) is 10.7. The highest BCUT2D eigenvalue weighted by molar-refractivity contribution is 9.11. The van der Waals surface area contributed by atoms with Crippen LogP contribution >= 0.6 is 15.9 Å². The van der Waals surface area contributed by atoms with Crippen LogP contribution in [0.1, 0.15) is 5.56 Å². The van der Waals surface area contributed by atoms with Gasteiger partial charge in [-0.1, -0.05) is 40.2 Å². The summed E-state index contributed by atoms with van der Waals surface area (Å²) in [6, 6.07) is 14.2. The van der Waals surface area contributed by atoms with Crippen molar-refractivity contribution in [2.45, 2.75) is 0 Å². The van der Waals surface area contributed by atoms with Crippen LogP contribution in [0.3, 0.4) is 0 Å². The minimum atomic E-state index is 1.00. The molecule has 1 aromatic heterocycles. The fourth-order valence-corrected chi connectivity index (χ4v) is 1.71. The van der Waals surface area contributed by atoms with Gasteiger partial charge in [-0.15, -0.1) is 0 Å². The lowest BCUT2D eigenvalue weighted by Gasteiger charge is -2.01. The molecule has 1 nitrogen and oxygen atoms in total. The SMILES string of the molecule is BrC=Cc1cccc(-c2ccccn2)c1. The Bertz CT molecular complexity index is 463. The summed E-state index contributed by atoms with van der Waals surface area (Å²) < 4.78 is 0. The third-order valence-corrected chi connectivity index (χ3v) is 2.37. The Hall–Kier alpha value is -1.41. The predicted octanol–water partition coefficient (Wildman–Crippen LogP) is 4.11. The Kier molecular flexibility index (Phi) is 3.30. The van der Waals surface area contributed by atoms with Crippen LogP contribution < -0.4 is 0 Å². The van der Waals surface area contributed by atoms with Crippen LogP contribution in [0.4, 0.5) is 0 Å². The van der Waals surface area contributed by atoms with E-state index in [1.807, 2.05) is 41.5 Å². The number of benzene rings is 1. The van der Waals surface area contributed by atoms with Crippen molar-refractivity contribution in [2.24, 2.45) is 0 Å². The molecule has 74 valence electrons. The van der Waals surface area contributed by atoms with Gasteiger partial charge in [0.05, 0.1) is 5.69 Å². The van der Waals surface area contributed by atoms with Crippen LogP contribution in [-0.4, -0.2) is 4.98 Å². The van der Waals surface area contributed by atoms with E-state index in [1.54, 1.807) is 0 Å². The van der Waals surface area contributed by atoms with Gasteiger partial charge in [-0.25, -0.2) is 0 Å². The lowest BCUT2D eigenvalue weighted by molar-refractivity contribution is 1.33. The van der Waals surface area contributed by atoms with E-state index in [2.05, 4.69) is 39.1 Å². The summed E-state index contributed by atoms with van der Waals surface area (Å²) in [7, 11) is 0. The summed E-state index contributed by atoms with van der Waals surface area (Å²) in [5, 5.41) is 0. The average Bonchev–Trinajstić information content (AvgIpc) is 2.31. The number of aromatic nitrogens is 1. The third-order valence-electron chi connectivity index (χ3n) is 2.10. The van der Waals surface area contributed by atoms with Gasteiger partial charge < -0.3 is 0 Å². The van der Waals surface area contributed by atoms with Crippen LogP contribution in [0.15, 0.2) is 53.6 Å². The first-order chi connectivity index (χ1) is 7.40. The molecule has 0 saturated heterocycles. The summed E-state index contributed by atoms with van der Waals surface area (Å²) in [4.78, 5) is 6.17. The zero-order valence-electron chi connectivity index (χ0n) is 8.10. The molecule has 1 aromatic carbocycles. The quantitative estimate of drug-likeness (QED) is 0.791. The molecule has 0 aliphatic carbocycles. The summed E-state index contributed by atoms with van der Waals surface area (Å²) in [5.41, 5.74) is 3.30. The number of hydrogen-bond acceptors (Lipinski definition) is 1. The van der Waals surface area contributed by atoms with Gasteiger partial charge in [0.25, 0.3) is 0 Å². The van der Waals surface area contributed by atoms with Crippen molar-refractivity contribution in [1.82, 2.24) is 4.98 Å². The Morgan fingerprint density at radius 3 is 2.73 bits per heavy atom. The van der Waals surface area contributed by atoms with Gasteiger partial charge in [0.15, 0.2) is 0 Å². The van der Waals surface area contributed by atoms with Gasteiger partial charge in [-0.05, 0) is 34.8 Å². The maximum atomic E-state index is 4.31. The Morgan fingerprint density at radius 1 is 1.07 bits per heavy atom. The molecule has 2 aromatic rings. The van der Waals surface area contributed by atoms with E-state index in [4.69, 9.17) is 0 Å². The van der Waals surface area contributed by atoms with Crippen LogP contribution in [0.2, 0.25) is 0 Å². The Labute approximate surface area is 97.6 Å². The maximum absolute atomic E-state index is 4.31. The molecule has 2 heteroatoms. The Balaban J connectivity index is 2.41. The molecule has 0 unspecified atom stereocenters. The van der Waals surface area contributed by atoms with Gasteiger partial charge >= 0.3 is 0 Å². The summed E-state index contributed by atoms with van der Waals surface area (Å²) in [6.45, 7) is 0.